The molecule has 2 saturated heterocycles. The molecule has 5 rings (SSSR count). The molecule has 2 fully saturated rings. The lowest BCUT2D eigenvalue weighted by molar-refractivity contribution is 0.185. The van der Waals surface area contributed by atoms with Crippen molar-refractivity contribution in [3.63, 3.8) is 0 Å². The van der Waals surface area contributed by atoms with Crippen molar-refractivity contribution in [1.29, 1.82) is 0 Å². The Labute approximate surface area is 169 Å². The second-order valence-electron chi connectivity index (χ2n) is 8.12. The summed E-state index contributed by atoms with van der Waals surface area (Å²) < 4.78 is 6.95. The molecule has 0 bridgehead atoms. The monoisotopic (exact) mass is 396 g/mol. The van der Waals surface area contributed by atoms with Gasteiger partial charge in [-0.2, -0.15) is 0 Å². The maximum Gasteiger partial charge on any atom is 0.199 e. The maximum absolute atomic E-state index is 5.93. The summed E-state index contributed by atoms with van der Waals surface area (Å²) in [5, 5.41) is 7.67. The molecule has 3 aromatic rings. The first kappa shape index (κ1) is 18.5. The number of hydrogen-bond donors (Lipinski definition) is 1. The van der Waals surface area contributed by atoms with E-state index in [0.717, 1.165) is 30.7 Å². The largest absolute Gasteiger partial charge is 0.379 e. The first-order valence-corrected chi connectivity index (χ1v) is 10.6. The number of likely N-dealkylation sites (tertiary alicyclic amines) is 2. The van der Waals surface area contributed by atoms with Crippen LogP contribution in [-0.2, 0) is 13.1 Å². The number of hydrogen-bond acceptors (Lipinski definition) is 8. The van der Waals surface area contributed by atoms with Gasteiger partial charge in [-0.3, -0.25) is 9.88 Å². The zero-order valence-electron chi connectivity index (χ0n) is 16.9. The zero-order chi connectivity index (χ0) is 19.8. The summed E-state index contributed by atoms with van der Waals surface area (Å²) in [5.74, 6) is 0.945. The fourth-order valence-electron chi connectivity index (χ4n) is 4.91. The van der Waals surface area contributed by atoms with Gasteiger partial charge in [0.2, 0.25) is 0 Å². The second-order valence-corrected chi connectivity index (χ2v) is 8.12. The highest BCUT2D eigenvalue weighted by Gasteiger charge is 2.29. The summed E-state index contributed by atoms with van der Waals surface area (Å²) in [6.45, 7) is 8.57. The molecule has 0 aromatic carbocycles. The normalized spacial score (nSPS) is 20.9. The first-order valence-electron chi connectivity index (χ1n) is 10.6. The molecule has 0 spiro atoms. The van der Waals surface area contributed by atoms with Crippen LogP contribution in [0.2, 0.25) is 0 Å². The van der Waals surface area contributed by atoms with Crippen molar-refractivity contribution in [3.8, 4) is 11.5 Å². The fraction of sp³-hybridized carbons (Fsp3) is 0.600. The summed E-state index contributed by atoms with van der Waals surface area (Å²) in [7, 11) is 0. The molecule has 5 heterocycles. The smallest absolute Gasteiger partial charge is 0.199 e. The van der Waals surface area contributed by atoms with Crippen molar-refractivity contribution in [2.45, 2.75) is 51.7 Å². The van der Waals surface area contributed by atoms with E-state index < -0.39 is 0 Å². The Morgan fingerprint density at radius 2 is 2.00 bits per heavy atom. The van der Waals surface area contributed by atoms with Crippen molar-refractivity contribution < 1.29 is 4.63 Å². The van der Waals surface area contributed by atoms with Crippen LogP contribution in [0.4, 0.5) is 5.82 Å². The van der Waals surface area contributed by atoms with Gasteiger partial charge in [0.1, 0.15) is 5.52 Å². The highest BCUT2D eigenvalue weighted by Crippen LogP contribution is 2.30. The standard InChI is InChI=1S/C20H28N8O/c1-2-28-18-14(12-27-9-5-6-15(27)13-26-7-3-4-8-26)10-22-11-16(18)23-20(28)17-19(21)25-29-24-17/h10-11,15H,2-9,12-13H2,1H3,(H2,21,25). The van der Waals surface area contributed by atoms with Crippen LogP contribution in [0.5, 0.6) is 0 Å². The molecular weight excluding hydrogens is 368 g/mol. The number of nitrogen functional groups attached to an aromatic ring is 1. The molecule has 2 aliphatic rings. The van der Waals surface area contributed by atoms with Crippen molar-refractivity contribution in [1.82, 2.24) is 34.6 Å². The Morgan fingerprint density at radius 1 is 1.14 bits per heavy atom. The van der Waals surface area contributed by atoms with Gasteiger partial charge in [0, 0.05) is 37.4 Å². The average molecular weight is 396 g/mol. The Kier molecular flexibility index (Phi) is 4.92. The van der Waals surface area contributed by atoms with Crippen molar-refractivity contribution in [2.75, 3.05) is 31.9 Å². The van der Waals surface area contributed by atoms with Crippen LogP contribution in [0.15, 0.2) is 17.0 Å². The summed E-state index contributed by atoms with van der Waals surface area (Å²) in [6.07, 6.45) is 9.02. The van der Waals surface area contributed by atoms with Gasteiger partial charge in [-0.05, 0) is 62.6 Å². The number of nitrogens with zero attached hydrogens (tertiary/aromatic N) is 7. The van der Waals surface area contributed by atoms with Gasteiger partial charge in [-0.1, -0.05) is 0 Å². The molecule has 9 nitrogen and oxygen atoms in total. The van der Waals surface area contributed by atoms with E-state index in [1.807, 2.05) is 12.4 Å². The Morgan fingerprint density at radius 3 is 2.76 bits per heavy atom. The molecule has 1 unspecified atom stereocenters. The van der Waals surface area contributed by atoms with E-state index in [0.29, 0.717) is 17.6 Å². The summed E-state index contributed by atoms with van der Waals surface area (Å²) in [5.41, 5.74) is 9.59. The van der Waals surface area contributed by atoms with Crippen molar-refractivity contribution in [3.05, 3.63) is 18.0 Å². The van der Waals surface area contributed by atoms with Gasteiger partial charge in [-0.25, -0.2) is 9.61 Å². The lowest BCUT2D eigenvalue weighted by atomic mass is 10.1. The Hall–Kier alpha value is -2.52. The lowest BCUT2D eigenvalue weighted by Gasteiger charge is -2.28. The third kappa shape index (κ3) is 3.38. The van der Waals surface area contributed by atoms with Crippen LogP contribution in [0.1, 0.15) is 38.2 Å². The van der Waals surface area contributed by atoms with Crippen LogP contribution in [-0.4, -0.2) is 66.9 Å². The third-order valence-corrected chi connectivity index (χ3v) is 6.31. The van der Waals surface area contributed by atoms with E-state index in [4.69, 9.17) is 15.3 Å². The van der Waals surface area contributed by atoms with Crippen LogP contribution in [0, 0.1) is 0 Å². The lowest BCUT2D eigenvalue weighted by Crippen LogP contribution is -2.39. The second kappa shape index (κ2) is 7.72. The molecule has 0 amide bonds. The van der Waals surface area contributed by atoms with E-state index in [9.17, 15) is 0 Å². The Bertz CT molecular complexity index is 990. The SMILES string of the molecule is CCn1c(-c2nonc2N)nc2cncc(CN3CCCC3CN3CCCC3)c21. The molecule has 0 aliphatic carbocycles. The average Bonchev–Trinajstić information content (AvgIpc) is 3.50. The van der Waals surface area contributed by atoms with Crippen LogP contribution in [0.3, 0.4) is 0 Å². The minimum atomic E-state index is 0.259. The van der Waals surface area contributed by atoms with E-state index in [1.165, 1.54) is 50.9 Å². The number of rotatable bonds is 6. The number of fused-ring (bicyclic) bond motifs is 1. The fourth-order valence-corrected chi connectivity index (χ4v) is 4.91. The third-order valence-electron chi connectivity index (χ3n) is 6.31. The molecule has 154 valence electrons. The van der Waals surface area contributed by atoms with Crippen molar-refractivity contribution >= 4 is 16.9 Å². The minimum Gasteiger partial charge on any atom is -0.379 e. The van der Waals surface area contributed by atoms with E-state index >= 15 is 0 Å². The van der Waals surface area contributed by atoms with Gasteiger partial charge in [0.15, 0.2) is 17.3 Å². The molecule has 0 saturated carbocycles. The highest BCUT2D eigenvalue weighted by molar-refractivity contribution is 5.83. The molecule has 2 N–H and O–H groups in total. The molecule has 3 aromatic heterocycles. The van der Waals surface area contributed by atoms with E-state index in [1.54, 1.807) is 0 Å². The molecule has 29 heavy (non-hydrogen) atoms. The van der Waals surface area contributed by atoms with Crippen LogP contribution in [0.25, 0.3) is 22.6 Å². The predicted octanol–water partition coefficient (Wildman–Crippen LogP) is 2.14. The predicted molar refractivity (Wildman–Crippen MR) is 110 cm³/mol. The van der Waals surface area contributed by atoms with Gasteiger partial charge >= 0.3 is 0 Å². The molecule has 0 radical (unpaired) electrons. The number of anilines is 1. The number of aromatic nitrogens is 5. The van der Waals surface area contributed by atoms with E-state index in [2.05, 4.69) is 36.6 Å². The quantitative estimate of drug-likeness (QED) is 0.676. The van der Waals surface area contributed by atoms with Crippen LogP contribution < -0.4 is 5.73 Å². The highest BCUT2D eigenvalue weighted by atomic mass is 16.6. The number of imidazole rings is 1. The number of pyridine rings is 1. The van der Waals surface area contributed by atoms with Gasteiger partial charge < -0.3 is 15.2 Å². The molecule has 2 aliphatic heterocycles. The first-order chi connectivity index (χ1) is 14.2. The van der Waals surface area contributed by atoms with Crippen LogP contribution >= 0.6 is 0 Å². The summed E-state index contributed by atoms with van der Waals surface area (Å²) >= 11 is 0. The molecular formula is C20H28N8O. The summed E-state index contributed by atoms with van der Waals surface area (Å²) in [4.78, 5) is 14.5. The zero-order valence-corrected chi connectivity index (χ0v) is 16.9. The van der Waals surface area contributed by atoms with E-state index in [-0.39, 0.29) is 5.82 Å². The topological polar surface area (TPSA) is 102 Å². The number of aryl methyl sites for hydroxylation is 1. The minimum absolute atomic E-state index is 0.259. The van der Waals surface area contributed by atoms with Gasteiger partial charge in [0.05, 0.1) is 11.7 Å². The van der Waals surface area contributed by atoms with Gasteiger partial charge in [-0.15, -0.1) is 0 Å². The van der Waals surface area contributed by atoms with Crippen molar-refractivity contribution in [2.24, 2.45) is 0 Å². The Balaban J connectivity index is 1.47. The molecule has 1 atom stereocenters. The summed E-state index contributed by atoms with van der Waals surface area (Å²) in [6, 6.07) is 0.621. The molecule has 9 heteroatoms. The van der Waals surface area contributed by atoms with Gasteiger partial charge in [0.25, 0.3) is 0 Å². The maximum atomic E-state index is 5.93. The number of nitrogens with two attached hydrogens (primary N) is 1.